The van der Waals surface area contributed by atoms with Crippen LogP contribution in [0.5, 0.6) is 0 Å². The molecule has 2 aromatic rings. The number of nitrogens with zero attached hydrogens (tertiary/aromatic N) is 1. The predicted molar refractivity (Wildman–Crippen MR) is 70.8 cm³/mol. The van der Waals surface area contributed by atoms with E-state index in [1.54, 1.807) is 48.5 Å². The van der Waals surface area contributed by atoms with Gasteiger partial charge < -0.3 is 5.11 Å². The molecule has 2 aromatic carbocycles. The fraction of sp³-hybridized carbons (Fsp3) is 0. The summed E-state index contributed by atoms with van der Waals surface area (Å²) in [7, 11) is 0. The van der Waals surface area contributed by atoms with Crippen LogP contribution in [0.4, 0.5) is 11.4 Å². The molecule has 0 bridgehead atoms. The van der Waals surface area contributed by atoms with Crippen molar-refractivity contribution in [3.8, 4) is 0 Å². The van der Waals surface area contributed by atoms with Gasteiger partial charge in [0.1, 0.15) is 0 Å². The molecule has 2 N–H and O–H groups in total. The Bertz CT molecular complexity index is 530. The van der Waals surface area contributed by atoms with Gasteiger partial charge in [0.05, 0.1) is 11.4 Å². The number of para-hydroxylation sites is 2. The second-order valence-corrected chi connectivity index (χ2v) is 3.75. The first-order chi connectivity index (χ1) is 9.18. The number of hydrazine groups is 1. The average molecular weight is 256 g/mol. The van der Waals surface area contributed by atoms with Crippen LogP contribution in [-0.2, 0) is 9.59 Å². The molecule has 0 aliphatic carbocycles. The van der Waals surface area contributed by atoms with Crippen LogP contribution in [0.15, 0.2) is 60.7 Å². The third kappa shape index (κ3) is 3.10. The van der Waals surface area contributed by atoms with Crippen LogP contribution in [0.25, 0.3) is 0 Å². The number of nitrogens with one attached hydrogen (secondary N) is 1. The van der Waals surface area contributed by atoms with E-state index in [1.165, 1.54) is 5.01 Å². The summed E-state index contributed by atoms with van der Waals surface area (Å²) in [5, 5.41) is 10.1. The molecule has 0 atom stereocenters. The number of hydrogen-bond acceptors (Lipinski definition) is 3. The lowest BCUT2D eigenvalue weighted by atomic mass is 10.2. The largest absolute Gasteiger partial charge is 0.474 e. The lowest BCUT2D eigenvalue weighted by molar-refractivity contribution is -0.150. The molecule has 0 radical (unpaired) electrons. The maximum atomic E-state index is 11.3. The van der Waals surface area contributed by atoms with E-state index in [4.69, 9.17) is 5.11 Å². The van der Waals surface area contributed by atoms with Gasteiger partial charge in [-0.25, -0.2) is 4.79 Å². The van der Waals surface area contributed by atoms with E-state index in [2.05, 4.69) is 5.43 Å². The van der Waals surface area contributed by atoms with Gasteiger partial charge in [0.2, 0.25) is 0 Å². The molecule has 0 unspecified atom stereocenters. The lowest BCUT2D eigenvalue weighted by Crippen LogP contribution is -2.42. The van der Waals surface area contributed by atoms with Gasteiger partial charge in [0.25, 0.3) is 0 Å². The summed E-state index contributed by atoms with van der Waals surface area (Å²) in [5.74, 6) is -2.62. The van der Waals surface area contributed by atoms with E-state index in [1.807, 2.05) is 12.1 Å². The number of hydrogen-bond donors (Lipinski definition) is 2. The minimum atomic E-state index is -1.53. The number of benzene rings is 2. The zero-order chi connectivity index (χ0) is 13.7. The van der Waals surface area contributed by atoms with E-state index in [-0.39, 0.29) is 0 Å². The van der Waals surface area contributed by atoms with Crippen molar-refractivity contribution in [1.82, 2.24) is 5.43 Å². The summed E-state index contributed by atoms with van der Waals surface area (Å²) in [6, 6.07) is 18.0. The normalized spacial score (nSPS) is 9.68. The number of aliphatic carboxylic acids is 1. The molecule has 0 aromatic heterocycles. The smallest absolute Gasteiger partial charge is 0.396 e. The van der Waals surface area contributed by atoms with Gasteiger partial charge in [-0.05, 0) is 24.3 Å². The summed E-state index contributed by atoms with van der Waals surface area (Å²) in [4.78, 5) is 22.0. The highest BCUT2D eigenvalue weighted by molar-refractivity contribution is 6.31. The van der Waals surface area contributed by atoms with E-state index >= 15 is 0 Å². The van der Waals surface area contributed by atoms with E-state index in [0.717, 1.165) is 0 Å². The quantitative estimate of drug-likeness (QED) is 0.650. The molecule has 5 heteroatoms. The van der Waals surface area contributed by atoms with Gasteiger partial charge in [-0.2, -0.15) is 0 Å². The Morgan fingerprint density at radius 2 is 1.26 bits per heavy atom. The standard InChI is InChI=1S/C14H12N2O3/c17-13(14(18)19)15-16(11-7-3-1-4-8-11)12-9-5-2-6-10-12/h1-10H,(H,15,17)(H,18,19). The lowest BCUT2D eigenvalue weighted by Gasteiger charge is -2.24. The number of carbonyl (C=O) groups is 2. The van der Waals surface area contributed by atoms with Crippen molar-refractivity contribution in [1.29, 1.82) is 0 Å². The van der Waals surface area contributed by atoms with Crippen LogP contribution >= 0.6 is 0 Å². The molecule has 1 amide bonds. The van der Waals surface area contributed by atoms with Crippen molar-refractivity contribution in [2.45, 2.75) is 0 Å². The molecule has 0 saturated carbocycles. The second-order valence-electron chi connectivity index (χ2n) is 3.75. The molecule has 0 aliphatic rings. The third-order valence-electron chi connectivity index (χ3n) is 2.44. The molecule has 0 heterocycles. The number of rotatable bonds is 3. The highest BCUT2D eigenvalue weighted by Crippen LogP contribution is 2.22. The van der Waals surface area contributed by atoms with E-state index < -0.39 is 11.9 Å². The molecule has 0 spiro atoms. The van der Waals surface area contributed by atoms with Gasteiger partial charge in [-0.3, -0.25) is 15.2 Å². The molecule has 5 nitrogen and oxygen atoms in total. The molecule has 0 aliphatic heterocycles. The van der Waals surface area contributed by atoms with Crippen molar-refractivity contribution in [3.63, 3.8) is 0 Å². The van der Waals surface area contributed by atoms with Crippen molar-refractivity contribution in [3.05, 3.63) is 60.7 Å². The Balaban J connectivity index is 2.34. The molecule has 19 heavy (non-hydrogen) atoms. The van der Waals surface area contributed by atoms with Gasteiger partial charge >= 0.3 is 11.9 Å². The van der Waals surface area contributed by atoms with Crippen molar-refractivity contribution in [2.75, 3.05) is 5.01 Å². The van der Waals surface area contributed by atoms with Gasteiger partial charge in [0, 0.05) is 0 Å². The summed E-state index contributed by atoms with van der Waals surface area (Å²) in [6.45, 7) is 0. The molecule has 2 rings (SSSR count). The van der Waals surface area contributed by atoms with Crippen LogP contribution in [0.1, 0.15) is 0 Å². The molecular weight excluding hydrogens is 244 g/mol. The zero-order valence-corrected chi connectivity index (χ0v) is 9.98. The predicted octanol–water partition coefficient (Wildman–Crippen LogP) is 1.94. The maximum Gasteiger partial charge on any atom is 0.396 e. The average Bonchev–Trinajstić information content (AvgIpc) is 2.46. The first-order valence-electron chi connectivity index (χ1n) is 5.62. The third-order valence-corrected chi connectivity index (χ3v) is 2.44. The molecular formula is C14H12N2O3. The first kappa shape index (κ1) is 12.6. The summed E-state index contributed by atoms with van der Waals surface area (Å²) in [5.41, 5.74) is 3.68. The van der Waals surface area contributed by atoms with Gasteiger partial charge in [0.15, 0.2) is 0 Å². The molecule has 0 fully saturated rings. The van der Waals surface area contributed by atoms with Crippen molar-refractivity contribution in [2.24, 2.45) is 0 Å². The Kier molecular flexibility index (Phi) is 3.78. The van der Waals surface area contributed by atoms with Crippen LogP contribution in [0, 0.1) is 0 Å². The Morgan fingerprint density at radius 3 is 1.63 bits per heavy atom. The van der Waals surface area contributed by atoms with Crippen LogP contribution in [-0.4, -0.2) is 17.0 Å². The Hall–Kier alpha value is -2.82. The number of anilines is 2. The number of amides is 1. The topological polar surface area (TPSA) is 69.6 Å². The first-order valence-corrected chi connectivity index (χ1v) is 5.62. The molecule has 0 saturated heterocycles. The van der Waals surface area contributed by atoms with Crippen molar-refractivity contribution >= 4 is 23.3 Å². The van der Waals surface area contributed by atoms with E-state index in [9.17, 15) is 9.59 Å². The summed E-state index contributed by atoms with van der Waals surface area (Å²) in [6.07, 6.45) is 0. The minimum Gasteiger partial charge on any atom is -0.474 e. The van der Waals surface area contributed by atoms with Gasteiger partial charge in [-0.15, -0.1) is 0 Å². The zero-order valence-electron chi connectivity index (χ0n) is 9.98. The van der Waals surface area contributed by atoms with Crippen LogP contribution in [0.3, 0.4) is 0 Å². The summed E-state index contributed by atoms with van der Waals surface area (Å²) >= 11 is 0. The maximum absolute atomic E-state index is 11.3. The monoisotopic (exact) mass is 256 g/mol. The summed E-state index contributed by atoms with van der Waals surface area (Å²) < 4.78 is 0. The fourth-order valence-electron chi connectivity index (χ4n) is 1.58. The van der Waals surface area contributed by atoms with Gasteiger partial charge in [-0.1, -0.05) is 36.4 Å². The minimum absolute atomic E-state index is 0.670. The Labute approximate surface area is 110 Å². The van der Waals surface area contributed by atoms with Crippen molar-refractivity contribution < 1.29 is 14.7 Å². The fourth-order valence-corrected chi connectivity index (χ4v) is 1.58. The number of carboxylic acids is 1. The van der Waals surface area contributed by atoms with E-state index in [0.29, 0.717) is 11.4 Å². The van der Waals surface area contributed by atoms with Crippen LogP contribution < -0.4 is 10.4 Å². The highest BCUT2D eigenvalue weighted by atomic mass is 16.4. The van der Waals surface area contributed by atoms with Crippen LogP contribution in [0.2, 0.25) is 0 Å². The highest BCUT2D eigenvalue weighted by Gasteiger charge is 2.17. The Morgan fingerprint density at radius 1 is 0.842 bits per heavy atom. The number of carbonyl (C=O) groups excluding carboxylic acids is 1. The number of carboxylic acid groups (broad SMARTS) is 1. The molecule has 96 valence electrons. The SMILES string of the molecule is O=C(O)C(=O)NN(c1ccccc1)c1ccccc1. The second kappa shape index (κ2) is 5.68.